The van der Waals surface area contributed by atoms with E-state index < -0.39 is 5.91 Å². The molecule has 1 amide bonds. The van der Waals surface area contributed by atoms with Gasteiger partial charge in [-0.25, -0.2) is 0 Å². The van der Waals surface area contributed by atoms with Gasteiger partial charge in [0.05, 0.1) is 23.6 Å². The van der Waals surface area contributed by atoms with Crippen molar-refractivity contribution in [3.63, 3.8) is 0 Å². The van der Waals surface area contributed by atoms with E-state index in [1.54, 1.807) is 18.8 Å². The second kappa shape index (κ2) is 8.77. The van der Waals surface area contributed by atoms with Crippen molar-refractivity contribution in [2.75, 3.05) is 14.2 Å². The fourth-order valence-corrected chi connectivity index (χ4v) is 4.58. The van der Waals surface area contributed by atoms with Gasteiger partial charge < -0.3 is 15.2 Å². The molecule has 0 aliphatic heterocycles. The van der Waals surface area contributed by atoms with E-state index in [4.69, 9.17) is 15.2 Å². The molecule has 10 heteroatoms. The lowest BCUT2D eigenvalue weighted by molar-refractivity contribution is -0.118. The van der Waals surface area contributed by atoms with Gasteiger partial charge >= 0.3 is 0 Å². The first-order valence-electron chi connectivity index (χ1n) is 7.82. The van der Waals surface area contributed by atoms with Gasteiger partial charge in [0, 0.05) is 11.3 Å². The number of nitrogens with two attached hydrogens (primary N) is 1. The van der Waals surface area contributed by atoms with Crippen LogP contribution in [0.25, 0.3) is 10.7 Å². The summed E-state index contributed by atoms with van der Waals surface area (Å²) in [4.78, 5) is 12.5. The zero-order valence-electron chi connectivity index (χ0n) is 14.6. The van der Waals surface area contributed by atoms with Gasteiger partial charge in [-0.15, -0.1) is 21.5 Å². The summed E-state index contributed by atoms with van der Waals surface area (Å²) in [7, 11) is 3.23. The maximum Gasteiger partial charge on any atom is 0.237 e. The summed E-state index contributed by atoms with van der Waals surface area (Å²) in [5.74, 6) is 2.19. The van der Waals surface area contributed by atoms with Crippen LogP contribution < -0.4 is 15.2 Å². The molecular formula is C17H17BrN4O3S2. The number of rotatable bonds is 8. The third-order valence-electron chi connectivity index (χ3n) is 3.68. The number of halogens is 1. The maximum atomic E-state index is 11.5. The van der Waals surface area contributed by atoms with Gasteiger partial charge in [0.1, 0.15) is 18.0 Å². The molecule has 0 spiro atoms. The standard InChI is InChI=1S/C17H17BrN4O3S2/c1-24-12-7-11(18)13(25-2)6-10(12)9-27-17-21-20-16(14-4-3-5-26-14)22(17)8-15(19)23/h3-7H,8-9H2,1-2H3,(H2,19,23). The van der Waals surface area contributed by atoms with Crippen LogP contribution >= 0.6 is 39.0 Å². The van der Waals surface area contributed by atoms with Crippen LogP contribution in [0.3, 0.4) is 0 Å². The van der Waals surface area contributed by atoms with Crippen molar-refractivity contribution in [3.05, 3.63) is 39.7 Å². The summed E-state index contributed by atoms with van der Waals surface area (Å²) >= 11 is 6.44. The van der Waals surface area contributed by atoms with Gasteiger partial charge in [-0.3, -0.25) is 9.36 Å². The summed E-state index contributed by atoms with van der Waals surface area (Å²) in [5.41, 5.74) is 6.36. The minimum atomic E-state index is -0.447. The average molecular weight is 469 g/mol. The van der Waals surface area contributed by atoms with E-state index in [1.165, 1.54) is 23.1 Å². The Morgan fingerprint density at radius 2 is 2.07 bits per heavy atom. The van der Waals surface area contributed by atoms with Crippen LogP contribution in [0.5, 0.6) is 11.5 Å². The highest BCUT2D eigenvalue weighted by molar-refractivity contribution is 9.10. The lowest BCUT2D eigenvalue weighted by atomic mass is 10.2. The zero-order valence-corrected chi connectivity index (χ0v) is 17.9. The van der Waals surface area contributed by atoms with Gasteiger partial charge in [0.15, 0.2) is 11.0 Å². The van der Waals surface area contributed by atoms with Crippen molar-refractivity contribution < 1.29 is 14.3 Å². The van der Waals surface area contributed by atoms with Gasteiger partial charge in [0.2, 0.25) is 5.91 Å². The van der Waals surface area contributed by atoms with Crippen LogP contribution in [0.15, 0.2) is 39.3 Å². The SMILES string of the molecule is COc1cc(CSc2nnc(-c3cccs3)n2CC(N)=O)c(OC)cc1Br. The molecular weight excluding hydrogens is 452 g/mol. The molecule has 7 nitrogen and oxygen atoms in total. The summed E-state index contributed by atoms with van der Waals surface area (Å²) in [6, 6.07) is 7.63. The number of aromatic nitrogens is 3. The van der Waals surface area contributed by atoms with Crippen LogP contribution in [0.4, 0.5) is 0 Å². The molecule has 0 unspecified atom stereocenters. The van der Waals surface area contributed by atoms with Crippen LogP contribution in [-0.4, -0.2) is 34.9 Å². The number of carbonyl (C=O) groups excluding carboxylic acids is 1. The van der Waals surface area contributed by atoms with Crippen LogP contribution in [0.2, 0.25) is 0 Å². The Balaban J connectivity index is 1.89. The Morgan fingerprint density at radius 1 is 1.30 bits per heavy atom. The molecule has 0 aliphatic rings. The molecule has 1 aromatic carbocycles. The van der Waals surface area contributed by atoms with Gasteiger partial charge in [-0.2, -0.15) is 0 Å². The molecule has 2 heterocycles. The van der Waals surface area contributed by atoms with Crippen molar-refractivity contribution in [1.29, 1.82) is 0 Å². The lowest BCUT2D eigenvalue weighted by Crippen LogP contribution is -2.19. The summed E-state index contributed by atoms with van der Waals surface area (Å²) in [5, 5.41) is 11.1. The number of ether oxygens (including phenoxy) is 2. The molecule has 0 radical (unpaired) electrons. The van der Waals surface area contributed by atoms with Crippen molar-refractivity contribution in [2.24, 2.45) is 5.73 Å². The fraction of sp³-hybridized carbons (Fsp3) is 0.235. The lowest BCUT2D eigenvalue weighted by Gasteiger charge is -2.12. The minimum absolute atomic E-state index is 0.0172. The molecule has 27 heavy (non-hydrogen) atoms. The number of primary amides is 1. The van der Waals surface area contributed by atoms with Gasteiger partial charge in [0.25, 0.3) is 0 Å². The number of carbonyl (C=O) groups is 1. The van der Waals surface area contributed by atoms with E-state index in [2.05, 4.69) is 26.1 Å². The fourth-order valence-electron chi connectivity index (χ4n) is 2.46. The average Bonchev–Trinajstić information content (AvgIpc) is 3.29. The summed E-state index contributed by atoms with van der Waals surface area (Å²) in [6.45, 7) is 0.0172. The molecule has 0 aliphatic carbocycles. The van der Waals surface area contributed by atoms with E-state index >= 15 is 0 Å². The predicted molar refractivity (Wildman–Crippen MR) is 109 cm³/mol. The Bertz CT molecular complexity index is 944. The number of thioether (sulfide) groups is 1. The van der Waals surface area contributed by atoms with Crippen LogP contribution in [0, 0.1) is 0 Å². The van der Waals surface area contributed by atoms with E-state index in [0.717, 1.165) is 20.7 Å². The second-order valence-electron chi connectivity index (χ2n) is 5.42. The molecule has 3 rings (SSSR count). The van der Waals surface area contributed by atoms with Crippen molar-refractivity contribution >= 4 is 44.9 Å². The quantitative estimate of drug-likeness (QED) is 0.508. The molecule has 0 fully saturated rings. The smallest absolute Gasteiger partial charge is 0.237 e. The number of amides is 1. The molecule has 2 aromatic heterocycles. The molecule has 0 saturated carbocycles. The number of benzene rings is 1. The number of nitrogens with zero attached hydrogens (tertiary/aromatic N) is 3. The Kier molecular flexibility index (Phi) is 6.40. The third-order valence-corrected chi connectivity index (χ3v) is 6.19. The number of hydrogen-bond acceptors (Lipinski definition) is 7. The Labute approximate surface area is 173 Å². The maximum absolute atomic E-state index is 11.5. The predicted octanol–water partition coefficient (Wildman–Crippen LogP) is 3.56. The second-order valence-corrected chi connectivity index (χ2v) is 8.17. The number of thiophene rings is 1. The van der Waals surface area contributed by atoms with Crippen LogP contribution in [0.1, 0.15) is 5.56 Å². The first-order valence-corrected chi connectivity index (χ1v) is 10.5. The van der Waals surface area contributed by atoms with Crippen molar-refractivity contribution in [3.8, 4) is 22.2 Å². The van der Waals surface area contributed by atoms with E-state index in [0.29, 0.717) is 22.5 Å². The van der Waals surface area contributed by atoms with Crippen LogP contribution in [-0.2, 0) is 17.1 Å². The molecule has 0 saturated heterocycles. The first kappa shape index (κ1) is 19.7. The van der Waals surface area contributed by atoms with Gasteiger partial charge in [-0.05, 0) is 39.5 Å². The first-order chi connectivity index (χ1) is 13.0. The minimum Gasteiger partial charge on any atom is -0.496 e. The Morgan fingerprint density at radius 3 is 2.70 bits per heavy atom. The van der Waals surface area contributed by atoms with Gasteiger partial charge in [-0.1, -0.05) is 17.8 Å². The highest BCUT2D eigenvalue weighted by atomic mass is 79.9. The van der Waals surface area contributed by atoms with E-state index in [9.17, 15) is 4.79 Å². The third kappa shape index (κ3) is 4.45. The van der Waals surface area contributed by atoms with Crippen molar-refractivity contribution in [2.45, 2.75) is 17.5 Å². The molecule has 0 bridgehead atoms. The molecule has 3 aromatic rings. The Hall–Kier alpha value is -2.04. The molecule has 0 atom stereocenters. The monoisotopic (exact) mass is 468 g/mol. The van der Waals surface area contributed by atoms with E-state index in [-0.39, 0.29) is 6.54 Å². The summed E-state index contributed by atoms with van der Waals surface area (Å²) in [6.07, 6.45) is 0. The number of hydrogen-bond donors (Lipinski definition) is 1. The largest absolute Gasteiger partial charge is 0.496 e. The van der Waals surface area contributed by atoms with Crippen molar-refractivity contribution in [1.82, 2.24) is 14.8 Å². The highest BCUT2D eigenvalue weighted by Gasteiger charge is 2.18. The zero-order chi connectivity index (χ0) is 19.4. The van der Waals surface area contributed by atoms with E-state index in [1.807, 2.05) is 29.6 Å². The highest BCUT2D eigenvalue weighted by Crippen LogP contribution is 2.36. The normalized spacial score (nSPS) is 10.8. The topological polar surface area (TPSA) is 92.3 Å². The molecule has 2 N–H and O–H groups in total. The number of methoxy groups -OCH3 is 2. The summed E-state index contributed by atoms with van der Waals surface area (Å²) < 4.78 is 13.4. The molecule has 142 valence electrons.